The van der Waals surface area contributed by atoms with Crippen molar-refractivity contribution in [3.05, 3.63) is 32.3 Å². The van der Waals surface area contributed by atoms with Gasteiger partial charge in [-0.3, -0.25) is 10.1 Å². The van der Waals surface area contributed by atoms with Crippen LogP contribution in [0.3, 0.4) is 0 Å². The zero-order chi connectivity index (χ0) is 13.7. The van der Waals surface area contributed by atoms with Crippen LogP contribution in [0.2, 0.25) is 10.0 Å². The predicted octanol–water partition coefficient (Wildman–Crippen LogP) is 2.84. The van der Waals surface area contributed by atoms with E-state index < -0.39 is 17.5 Å². The number of ether oxygens (including phenoxy) is 2. The Morgan fingerprint density at radius 1 is 1.39 bits per heavy atom. The first-order valence-electron chi connectivity index (χ1n) is 4.87. The number of nitro benzene ring substituents is 1. The molecule has 0 fully saturated rings. The van der Waals surface area contributed by atoms with Crippen molar-refractivity contribution in [2.24, 2.45) is 0 Å². The van der Waals surface area contributed by atoms with E-state index in [-0.39, 0.29) is 28.1 Å². The average Bonchev–Trinajstić information content (AvgIpc) is 2.30. The van der Waals surface area contributed by atoms with Crippen LogP contribution in [0.5, 0.6) is 5.75 Å². The number of carbonyl (C=O) groups excluding carboxylic acids is 1. The van der Waals surface area contributed by atoms with E-state index in [2.05, 4.69) is 4.74 Å². The van der Waals surface area contributed by atoms with Gasteiger partial charge in [-0.05, 0) is 6.92 Å². The monoisotopic (exact) mass is 293 g/mol. The molecule has 18 heavy (non-hydrogen) atoms. The van der Waals surface area contributed by atoms with E-state index in [1.807, 2.05) is 0 Å². The van der Waals surface area contributed by atoms with Crippen molar-refractivity contribution in [1.82, 2.24) is 0 Å². The molecule has 0 radical (unpaired) electrons. The highest BCUT2D eigenvalue weighted by Crippen LogP contribution is 2.35. The number of nitro groups is 1. The summed E-state index contributed by atoms with van der Waals surface area (Å²) >= 11 is 11.4. The number of hydrogen-bond donors (Lipinski definition) is 0. The van der Waals surface area contributed by atoms with Gasteiger partial charge in [-0.15, -0.1) is 0 Å². The zero-order valence-electron chi connectivity index (χ0n) is 9.31. The van der Waals surface area contributed by atoms with Crippen LogP contribution in [-0.2, 0) is 9.53 Å². The molecule has 1 aromatic rings. The van der Waals surface area contributed by atoms with E-state index in [9.17, 15) is 14.9 Å². The van der Waals surface area contributed by atoms with Gasteiger partial charge >= 0.3 is 11.7 Å². The van der Waals surface area contributed by atoms with Crippen molar-refractivity contribution in [2.75, 3.05) is 13.2 Å². The summed E-state index contributed by atoms with van der Waals surface area (Å²) in [4.78, 5) is 21.2. The summed E-state index contributed by atoms with van der Waals surface area (Å²) in [6.07, 6.45) is 0. The number of esters is 1. The van der Waals surface area contributed by atoms with Crippen molar-refractivity contribution in [3.8, 4) is 5.75 Å². The van der Waals surface area contributed by atoms with E-state index >= 15 is 0 Å². The Morgan fingerprint density at radius 2 is 2.00 bits per heavy atom. The van der Waals surface area contributed by atoms with E-state index in [1.165, 1.54) is 6.07 Å². The van der Waals surface area contributed by atoms with Crippen LogP contribution < -0.4 is 4.74 Å². The zero-order valence-corrected chi connectivity index (χ0v) is 10.8. The van der Waals surface area contributed by atoms with Gasteiger partial charge in [-0.25, -0.2) is 4.79 Å². The largest absolute Gasteiger partial charge is 0.475 e. The highest BCUT2D eigenvalue weighted by Gasteiger charge is 2.19. The highest BCUT2D eigenvalue weighted by atomic mass is 35.5. The van der Waals surface area contributed by atoms with Gasteiger partial charge in [0.15, 0.2) is 12.4 Å². The van der Waals surface area contributed by atoms with Crippen molar-refractivity contribution >= 4 is 34.9 Å². The number of benzene rings is 1. The minimum absolute atomic E-state index is 0.0341. The SMILES string of the molecule is CCOC(=O)COc1cc(Cl)c(Cl)cc1[N+](=O)[O-]. The molecule has 0 N–H and O–H groups in total. The molecule has 0 heterocycles. The van der Waals surface area contributed by atoms with Crippen LogP contribution >= 0.6 is 23.2 Å². The standard InChI is InChI=1S/C10H9Cl2NO5/c1-2-17-10(14)5-18-9-4-7(12)6(11)3-8(9)13(15)16/h3-4H,2,5H2,1H3. The molecule has 0 spiro atoms. The number of hydrogen-bond acceptors (Lipinski definition) is 5. The van der Waals surface area contributed by atoms with Crippen LogP contribution in [0.15, 0.2) is 12.1 Å². The van der Waals surface area contributed by atoms with Gasteiger partial charge < -0.3 is 9.47 Å². The first kappa shape index (κ1) is 14.5. The van der Waals surface area contributed by atoms with Crippen molar-refractivity contribution < 1.29 is 19.2 Å². The third-order valence-electron chi connectivity index (χ3n) is 1.85. The van der Waals surface area contributed by atoms with Gasteiger partial charge in [-0.2, -0.15) is 0 Å². The highest BCUT2D eigenvalue weighted by molar-refractivity contribution is 6.42. The summed E-state index contributed by atoms with van der Waals surface area (Å²) in [6.45, 7) is 1.40. The molecule has 0 amide bonds. The van der Waals surface area contributed by atoms with Crippen LogP contribution in [0.25, 0.3) is 0 Å². The average molecular weight is 294 g/mol. The molecule has 1 aromatic carbocycles. The third-order valence-corrected chi connectivity index (χ3v) is 2.57. The van der Waals surface area contributed by atoms with E-state index in [1.54, 1.807) is 6.92 Å². The first-order chi connectivity index (χ1) is 8.45. The summed E-state index contributed by atoms with van der Waals surface area (Å²) in [5, 5.41) is 10.9. The lowest BCUT2D eigenvalue weighted by atomic mass is 10.3. The molecule has 0 aromatic heterocycles. The molecule has 0 saturated carbocycles. The van der Waals surface area contributed by atoms with Crippen LogP contribution in [0, 0.1) is 10.1 Å². The lowest BCUT2D eigenvalue weighted by Crippen LogP contribution is -2.15. The van der Waals surface area contributed by atoms with Crippen LogP contribution in [0.4, 0.5) is 5.69 Å². The Balaban J connectivity index is 2.90. The topological polar surface area (TPSA) is 78.7 Å². The molecule has 0 aliphatic rings. The summed E-state index contributed by atoms with van der Waals surface area (Å²) in [5.74, 6) is -0.764. The molecule has 0 bridgehead atoms. The Hall–Kier alpha value is -1.53. The number of halogens is 2. The Bertz CT molecular complexity index is 478. The fraction of sp³-hybridized carbons (Fsp3) is 0.300. The maximum Gasteiger partial charge on any atom is 0.344 e. The second kappa shape index (κ2) is 6.42. The molecular formula is C10H9Cl2NO5. The van der Waals surface area contributed by atoms with Crippen LogP contribution in [0.1, 0.15) is 6.92 Å². The Labute approximate surface area is 113 Å². The van der Waals surface area contributed by atoms with Gasteiger partial charge in [0.1, 0.15) is 0 Å². The van der Waals surface area contributed by atoms with Gasteiger partial charge in [0.25, 0.3) is 0 Å². The molecule has 6 nitrogen and oxygen atoms in total. The number of rotatable bonds is 5. The number of carbonyl (C=O) groups is 1. The molecule has 0 saturated heterocycles. The summed E-state index contributed by atoms with van der Waals surface area (Å²) in [6, 6.07) is 2.24. The first-order valence-corrected chi connectivity index (χ1v) is 5.63. The molecule has 0 aliphatic carbocycles. The predicted molar refractivity (Wildman–Crippen MR) is 65.2 cm³/mol. The smallest absolute Gasteiger partial charge is 0.344 e. The van der Waals surface area contributed by atoms with Gasteiger partial charge in [-0.1, -0.05) is 23.2 Å². The summed E-state index contributed by atoms with van der Waals surface area (Å²) in [5.41, 5.74) is -0.367. The molecule has 0 aliphatic heterocycles. The van der Waals surface area contributed by atoms with Crippen molar-refractivity contribution in [2.45, 2.75) is 6.92 Å². The number of nitrogens with zero attached hydrogens (tertiary/aromatic N) is 1. The summed E-state index contributed by atoms with van der Waals surface area (Å²) in [7, 11) is 0. The third kappa shape index (κ3) is 3.75. The van der Waals surface area contributed by atoms with Gasteiger partial charge in [0, 0.05) is 12.1 Å². The van der Waals surface area contributed by atoms with E-state index in [0.717, 1.165) is 6.07 Å². The van der Waals surface area contributed by atoms with Crippen molar-refractivity contribution in [3.63, 3.8) is 0 Å². The Morgan fingerprint density at radius 3 is 2.56 bits per heavy atom. The molecule has 8 heteroatoms. The van der Waals surface area contributed by atoms with Gasteiger partial charge in [0.2, 0.25) is 0 Å². The van der Waals surface area contributed by atoms with Gasteiger partial charge in [0.05, 0.1) is 21.6 Å². The lowest BCUT2D eigenvalue weighted by molar-refractivity contribution is -0.385. The molecule has 0 atom stereocenters. The quantitative estimate of drug-likeness (QED) is 0.474. The maximum atomic E-state index is 11.1. The minimum Gasteiger partial charge on any atom is -0.475 e. The summed E-state index contributed by atoms with van der Waals surface area (Å²) < 4.78 is 9.61. The second-order valence-corrected chi connectivity index (χ2v) is 3.90. The fourth-order valence-corrected chi connectivity index (χ4v) is 1.43. The normalized spacial score (nSPS) is 9.94. The van der Waals surface area contributed by atoms with Crippen LogP contribution in [-0.4, -0.2) is 24.1 Å². The van der Waals surface area contributed by atoms with E-state index in [4.69, 9.17) is 27.9 Å². The maximum absolute atomic E-state index is 11.1. The minimum atomic E-state index is -0.678. The van der Waals surface area contributed by atoms with Crippen molar-refractivity contribution in [1.29, 1.82) is 0 Å². The van der Waals surface area contributed by atoms with E-state index in [0.29, 0.717) is 0 Å². The Kier molecular flexibility index (Phi) is 5.18. The molecule has 0 unspecified atom stereocenters. The molecule has 98 valence electrons. The fourth-order valence-electron chi connectivity index (χ4n) is 1.12. The molecule has 1 rings (SSSR count). The second-order valence-electron chi connectivity index (χ2n) is 3.08. The molecular weight excluding hydrogens is 285 g/mol. The lowest BCUT2D eigenvalue weighted by Gasteiger charge is -2.07.